The molecular formula is C19H21Cl2NO6S. The molecule has 2 aromatic rings. The van der Waals surface area contributed by atoms with Gasteiger partial charge in [-0.1, -0.05) is 35.3 Å². The molecule has 2 rings (SSSR count). The molecule has 0 spiro atoms. The first kappa shape index (κ1) is 23.3. The van der Waals surface area contributed by atoms with Crippen molar-refractivity contribution in [3.63, 3.8) is 0 Å². The number of methoxy groups -OCH3 is 2. The number of hydrogen-bond donors (Lipinski definition) is 1. The lowest BCUT2D eigenvalue weighted by Gasteiger charge is -2.20. The summed E-state index contributed by atoms with van der Waals surface area (Å²) in [6, 6.07) is 8.27. The van der Waals surface area contributed by atoms with Crippen molar-refractivity contribution in [1.29, 1.82) is 0 Å². The highest BCUT2D eigenvalue weighted by Gasteiger charge is 2.27. The predicted molar refractivity (Wildman–Crippen MR) is 110 cm³/mol. The Kier molecular flexibility index (Phi) is 8.15. The molecule has 0 aromatic heterocycles. The van der Waals surface area contributed by atoms with Crippen LogP contribution in [-0.2, 0) is 19.6 Å². The van der Waals surface area contributed by atoms with Gasteiger partial charge in [-0.15, -0.1) is 0 Å². The standard InChI is InChI=1S/C19H21Cl2NO6S/c1-4-28-19(23)11-16(12-5-7-13(26-2)8-6-12)22-29(24,25)18-10-14(20)17(27-3)9-15(18)21/h5-10,16,22H,4,11H2,1-3H3/t16-/m0/s1. The van der Waals surface area contributed by atoms with Crippen LogP contribution in [0.5, 0.6) is 11.5 Å². The van der Waals surface area contributed by atoms with Crippen molar-refractivity contribution in [3.8, 4) is 11.5 Å². The lowest BCUT2D eigenvalue weighted by atomic mass is 10.0. The minimum absolute atomic E-state index is 0.0663. The van der Waals surface area contributed by atoms with Gasteiger partial charge in [-0.25, -0.2) is 13.1 Å². The summed E-state index contributed by atoms with van der Waals surface area (Å²) < 4.78 is 43.6. The molecule has 0 fully saturated rings. The Morgan fingerprint density at radius 1 is 1.07 bits per heavy atom. The van der Waals surface area contributed by atoms with E-state index in [1.807, 2.05) is 0 Å². The Labute approximate surface area is 179 Å². The molecule has 0 amide bonds. The number of sulfonamides is 1. The maximum Gasteiger partial charge on any atom is 0.307 e. The van der Waals surface area contributed by atoms with E-state index in [2.05, 4.69) is 4.72 Å². The molecule has 0 saturated heterocycles. The van der Waals surface area contributed by atoms with Gasteiger partial charge >= 0.3 is 5.97 Å². The minimum Gasteiger partial charge on any atom is -0.497 e. The van der Waals surface area contributed by atoms with Crippen LogP contribution in [0.4, 0.5) is 0 Å². The summed E-state index contributed by atoms with van der Waals surface area (Å²) in [7, 11) is -1.21. The number of esters is 1. The van der Waals surface area contributed by atoms with Crippen molar-refractivity contribution in [2.45, 2.75) is 24.3 Å². The summed E-state index contributed by atoms with van der Waals surface area (Å²) in [5, 5.41) is 0.0204. The van der Waals surface area contributed by atoms with Crippen LogP contribution in [0.15, 0.2) is 41.3 Å². The van der Waals surface area contributed by atoms with Crippen LogP contribution in [0.2, 0.25) is 10.0 Å². The topological polar surface area (TPSA) is 90.9 Å². The quantitative estimate of drug-likeness (QED) is 0.567. The van der Waals surface area contributed by atoms with E-state index in [0.29, 0.717) is 11.3 Å². The van der Waals surface area contributed by atoms with Crippen molar-refractivity contribution in [3.05, 3.63) is 52.0 Å². The van der Waals surface area contributed by atoms with Crippen LogP contribution in [0.3, 0.4) is 0 Å². The highest BCUT2D eigenvalue weighted by atomic mass is 35.5. The number of benzene rings is 2. The van der Waals surface area contributed by atoms with Gasteiger partial charge in [0.05, 0.1) is 43.3 Å². The molecule has 0 saturated carbocycles. The van der Waals surface area contributed by atoms with E-state index in [-0.39, 0.29) is 33.7 Å². The van der Waals surface area contributed by atoms with Crippen LogP contribution >= 0.6 is 23.2 Å². The van der Waals surface area contributed by atoms with Gasteiger partial charge in [0.25, 0.3) is 0 Å². The van der Waals surface area contributed by atoms with E-state index in [0.717, 1.165) is 0 Å². The Hall–Kier alpha value is -2.00. The number of ether oxygens (including phenoxy) is 3. The van der Waals surface area contributed by atoms with Crippen LogP contribution in [0.1, 0.15) is 24.9 Å². The molecule has 29 heavy (non-hydrogen) atoms. The van der Waals surface area contributed by atoms with Crippen molar-refractivity contribution in [2.75, 3.05) is 20.8 Å². The molecular weight excluding hydrogens is 441 g/mol. The Morgan fingerprint density at radius 2 is 1.72 bits per heavy atom. The first-order valence-electron chi connectivity index (χ1n) is 8.56. The summed E-state index contributed by atoms with van der Waals surface area (Å²) >= 11 is 12.2. The Morgan fingerprint density at radius 3 is 2.28 bits per heavy atom. The van der Waals surface area contributed by atoms with E-state index in [4.69, 9.17) is 37.4 Å². The van der Waals surface area contributed by atoms with Gasteiger partial charge < -0.3 is 14.2 Å². The zero-order valence-corrected chi connectivity index (χ0v) is 18.4. The fraction of sp³-hybridized carbons (Fsp3) is 0.316. The van der Waals surface area contributed by atoms with E-state index >= 15 is 0 Å². The molecule has 0 unspecified atom stereocenters. The smallest absolute Gasteiger partial charge is 0.307 e. The molecule has 1 N–H and O–H groups in total. The van der Waals surface area contributed by atoms with Crippen molar-refractivity contribution < 1.29 is 27.4 Å². The highest BCUT2D eigenvalue weighted by Crippen LogP contribution is 2.34. The number of nitrogens with one attached hydrogen (secondary N) is 1. The average molecular weight is 462 g/mol. The molecule has 0 bridgehead atoms. The molecule has 0 radical (unpaired) electrons. The predicted octanol–water partition coefficient (Wildman–Crippen LogP) is 3.98. The summed E-state index contributed by atoms with van der Waals surface area (Å²) in [4.78, 5) is 11.8. The molecule has 0 heterocycles. The van der Waals surface area contributed by atoms with Gasteiger partial charge in [-0.3, -0.25) is 4.79 Å². The van der Waals surface area contributed by atoms with E-state index < -0.39 is 22.0 Å². The fourth-order valence-electron chi connectivity index (χ4n) is 2.57. The summed E-state index contributed by atoms with van der Waals surface area (Å²) in [6.07, 6.45) is -0.207. The molecule has 1 atom stereocenters. The molecule has 2 aromatic carbocycles. The lowest BCUT2D eigenvalue weighted by molar-refractivity contribution is -0.143. The molecule has 7 nitrogen and oxygen atoms in total. The zero-order chi connectivity index (χ0) is 21.6. The lowest BCUT2D eigenvalue weighted by Crippen LogP contribution is -2.31. The molecule has 0 aliphatic heterocycles. The second-order valence-corrected chi connectivity index (χ2v) is 8.37. The van der Waals surface area contributed by atoms with Gasteiger partial charge in [0.1, 0.15) is 16.4 Å². The third-order valence-electron chi connectivity index (χ3n) is 3.99. The Bertz CT molecular complexity index is 963. The highest BCUT2D eigenvalue weighted by molar-refractivity contribution is 7.89. The van der Waals surface area contributed by atoms with Gasteiger partial charge in [-0.2, -0.15) is 0 Å². The van der Waals surface area contributed by atoms with Crippen molar-refractivity contribution >= 4 is 39.2 Å². The van der Waals surface area contributed by atoms with Crippen LogP contribution in [0, 0.1) is 0 Å². The monoisotopic (exact) mass is 461 g/mol. The summed E-state index contributed by atoms with van der Waals surface area (Å²) in [5.74, 6) is 0.292. The van der Waals surface area contributed by atoms with Gasteiger partial charge in [-0.05, 0) is 30.7 Å². The SMILES string of the molecule is CCOC(=O)C[C@H](NS(=O)(=O)c1cc(Cl)c(OC)cc1Cl)c1ccc(OC)cc1. The van der Waals surface area contributed by atoms with Gasteiger partial charge in [0.2, 0.25) is 10.0 Å². The largest absolute Gasteiger partial charge is 0.497 e. The normalized spacial score (nSPS) is 12.3. The van der Waals surface area contributed by atoms with E-state index in [1.54, 1.807) is 31.2 Å². The number of carbonyl (C=O) groups is 1. The van der Waals surface area contributed by atoms with E-state index in [1.165, 1.54) is 26.4 Å². The number of rotatable bonds is 9. The Balaban J connectivity index is 2.40. The molecule has 0 aliphatic rings. The van der Waals surface area contributed by atoms with Crippen molar-refractivity contribution in [2.24, 2.45) is 0 Å². The second-order valence-electron chi connectivity index (χ2n) is 5.87. The van der Waals surface area contributed by atoms with Crippen LogP contribution < -0.4 is 14.2 Å². The summed E-state index contributed by atoms with van der Waals surface area (Å²) in [5.41, 5.74) is 0.554. The molecule has 0 aliphatic carbocycles. The second kappa shape index (κ2) is 10.2. The maximum atomic E-state index is 13.0. The maximum absolute atomic E-state index is 13.0. The van der Waals surface area contributed by atoms with Crippen LogP contribution in [0.25, 0.3) is 0 Å². The third-order valence-corrected chi connectivity index (χ3v) is 6.22. The summed E-state index contributed by atoms with van der Waals surface area (Å²) in [6.45, 7) is 1.85. The zero-order valence-electron chi connectivity index (χ0n) is 16.1. The molecule has 10 heteroatoms. The van der Waals surface area contributed by atoms with Gasteiger partial charge in [0, 0.05) is 6.07 Å². The van der Waals surface area contributed by atoms with E-state index in [9.17, 15) is 13.2 Å². The number of hydrogen-bond acceptors (Lipinski definition) is 6. The minimum atomic E-state index is -4.12. The molecule has 158 valence electrons. The fourth-order valence-corrected chi connectivity index (χ4v) is 4.65. The van der Waals surface area contributed by atoms with Gasteiger partial charge in [0.15, 0.2) is 0 Å². The first-order chi connectivity index (χ1) is 13.7. The van der Waals surface area contributed by atoms with Crippen molar-refractivity contribution in [1.82, 2.24) is 4.72 Å². The first-order valence-corrected chi connectivity index (χ1v) is 10.8. The average Bonchev–Trinajstić information content (AvgIpc) is 2.68. The van der Waals surface area contributed by atoms with Crippen LogP contribution in [-0.4, -0.2) is 35.2 Å². The third kappa shape index (κ3) is 5.99. The number of halogens is 2. The number of carbonyl (C=O) groups excluding carboxylic acids is 1.